The standard InChI is InChI=1S/C26H46O/c1-17(2)7-6-8-18(3)22-11-12-23-21-10-9-19-15-20(27)16-26(19,5)24(21)13-14-25(22,23)4/h17-24,27H,6-16H2,1-5H3/t18-,19-,20+,21+,22+,23-,24+,25+,26-/m0/s1. The summed E-state index contributed by atoms with van der Waals surface area (Å²) in [6.07, 6.45) is 15.2. The normalized spacial score (nSPS) is 50.3. The highest BCUT2D eigenvalue weighted by Crippen LogP contribution is 2.68. The van der Waals surface area contributed by atoms with Crippen LogP contribution < -0.4 is 0 Å². The molecule has 156 valence electrons. The van der Waals surface area contributed by atoms with E-state index < -0.39 is 0 Å². The van der Waals surface area contributed by atoms with Crippen LogP contribution in [0.5, 0.6) is 0 Å². The van der Waals surface area contributed by atoms with Crippen molar-refractivity contribution in [1.82, 2.24) is 0 Å². The lowest BCUT2D eigenvalue weighted by Crippen LogP contribution is -2.50. The van der Waals surface area contributed by atoms with E-state index in [1.54, 1.807) is 0 Å². The minimum Gasteiger partial charge on any atom is -0.393 e. The molecule has 1 heteroatoms. The molecule has 4 saturated carbocycles. The molecule has 0 aliphatic heterocycles. The van der Waals surface area contributed by atoms with Gasteiger partial charge in [-0.25, -0.2) is 0 Å². The van der Waals surface area contributed by atoms with Crippen LogP contribution in [0.4, 0.5) is 0 Å². The maximum atomic E-state index is 10.4. The highest BCUT2D eigenvalue weighted by Gasteiger charge is 2.61. The van der Waals surface area contributed by atoms with E-state index in [4.69, 9.17) is 0 Å². The number of aliphatic hydroxyl groups excluding tert-OH is 1. The molecular weight excluding hydrogens is 328 g/mol. The molecule has 4 fully saturated rings. The third kappa shape index (κ3) is 3.32. The molecule has 0 saturated heterocycles. The first-order valence-electron chi connectivity index (χ1n) is 12.4. The van der Waals surface area contributed by atoms with Crippen LogP contribution >= 0.6 is 0 Å². The molecule has 0 aromatic heterocycles. The summed E-state index contributed by atoms with van der Waals surface area (Å²) in [4.78, 5) is 0. The molecule has 4 rings (SSSR count). The fourth-order valence-corrected chi connectivity index (χ4v) is 9.18. The largest absolute Gasteiger partial charge is 0.393 e. The van der Waals surface area contributed by atoms with Crippen molar-refractivity contribution in [3.8, 4) is 0 Å². The van der Waals surface area contributed by atoms with Crippen molar-refractivity contribution in [2.45, 2.75) is 111 Å². The molecule has 27 heavy (non-hydrogen) atoms. The zero-order chi connectivity index (χ0) is 19.4. The number of rotatable bonds is 5. The first-order valence-corrected chi connectivity index (χ1v) is 12.4. The minimum atomic E-state index is -0.00985. The lowest BCUT2D eigenvalue weighted by Gasteiger charge is -2.58. The van der Waals surface area contributed by atoms with E-state index in [9.17, 15) is 5.11 Å². The molecular formula is C26H46O. The molecule has 4 aliphatic rings. The molecule has 4 aliphatic carbocycles. The van der Waals surface area contributed by atoms with Gasteiger partial charge in [-0.1, -0.05) is 53.9 Å². The Bertz CT molecular complexity index is 526. The number of fused-ring (bicyclic) bond motifs is 5. The lowest BCUT2D eigenvalue weighted by atomic mass is 9.47. The fourth-order valence-electron chi connectivity index (χ4n) is 9.18. The Morgan fingerprint density at radius 3 is 2.37 bits per heavy atom. The lowest BCUT2D eigenvalue weighted by molar-refractivity contribution is -0.0911. The summed E-state index contributed by atoms with van der Waals surface area (Å²) in [5.74, 6) is 6.39. The van der Waals surface area contributed by atoms with Gasteiger partial charge in [0.25, 0.3) is 0 Å². The van der Waals surface area contributed by atoms with Gasteiger partial charge in [0.05, 0.1) is 6.10 Å². The SMILES string of the molecule is CC(C)CCC[C@H](C)[C@H]1CC[C@H]2[C@H]3CC[C@H]4C[C@@H](O)C[C@]4(C)[C@@H]3CC[C@]12C. The third-order valence-corrected chi connectivity index (χ3v) is 10.5. The van der Waals surface area contributed by atoms with Crippen LogP contribution in [0, 0.1) is 52.3 Å². The molecule has 0 bridgehead atoms. The Balaban J connectivity index is 1.47. The maximum absolute atomic E-state index is 10.4. The van der Waals surface area contributed by atoms with Gasteiger partial charge in [0, 0.05) is 0 Å². The van der Waals surface area contributed by atoms with Crippen molar-refractivity contribution >= 4 is 0 Å². The average Bonchev–Trinajstić information content (AvgIpc) is 3.09. The van der Waals surface area contributed by atoms with Gasteiger partial charge in [0.1, 0.15) is 0 Å². The molecule has 0 heterocycles. The van der Waals surface area contributed by atoms with Crippen LogP contribution in [0.15, 0.2) is 0 Å². The first-order chi connectivity index (χ1) is 12.8. The molecule has 1 nitrogen and oxygen atoms in total. The summed E-state index contributed by atoms with van der Waals surface area (Å²) in [6, 6.07) is 0. The van der Waals surface area contributed by atoms with Crippen molar-refractivity contribution in [2.24, 2.45) is 52.3 Å². The van der Waals surface area contributed by atoms with E-state index in [1.165, 1.54) is 57.8 Å². The summed E-state index contributed by atoms with van der Waals surface area (Å²) >= 11 is 0. The Morgan fingerprint density at radius 1 is 0.889 bits per heavy atom. The van der Waals surface area contributed by atoms with Crippen molar-refractivity contribution in [3.63, 3.8) is 0 Å². The maximum Gasteiger partial charge on any atom is 0.0548 e. The Morgan fingerprint density at radius 2 is 1.63 bits per heavy atom. The minimum absolute atomic E-state index is 0.00985. The third-order valence-electron chi connectivity index (χ3n) is 10.5. The predicted octanol–water partition coefficient (Wildman–Crippen LogP) is 7.08. The van der Waals surface area contributed by atoms with E-state index in [0.717, 1.165) is 54.3 Å². The van der Waals surface area contributed by atoms with Crippen LogP contribution in [0.2, 0.25) is 0 Å². The number of hydrogen-bond acceptors (Lipinski definition) is 1. The van der Waals surface area contributed by atoms with E-state index in [2.05, 4.69) is 34.6 Å². The second-order valence-electron chi connectivity index (χ2n) is 12.3. The predicted molar refractivity (Wildman–Crippen MR) is 114 cm³/mol. The summed E-state index contributed by atoms with van der Waals surface area (Å²) in [7, 11) is 0. The summed E-state index contributed by atoms with van der Waals surface area (Å²) < 4.78 is 0. The fraction of sp³-hybridized carbons (Fsp3) is 1.00. The van der Waals surface area contributed by atoms with E-state index in [1.807, 2.05) is 0 Å². The Labute approximate surface area is 169 Å². The van der Waals surface area contributed by atoms with Gasteiger partial charge in [0.2, 0.25) is 0 Å². The molecule has 9 atom stereocenters. The van der Waals surface area contributed by atoms with Crippen molar-refractivity contribution in [2.75, 3.05) is 0 Å². The smallest absolute Gasteiger partial charge is 0.0548 e. The Kier molecular flexibility index (Phi) is 5.50. The van der Waals surface area contributed by atoms with Gasteiger partial charge in [-0.15, -0.1) is 0 Å². The Hall–Kier alpha value is -0.0400. The monoisotopic (exact) mass is 374 g/mol. The second-order valence-corrected chi connectivity index (χ2v) is 12.3. The number of aliphatic hydroxyl groups is 1. The molecule has 0 spiro atoms. The first kappa shape index (κ1) is 20.2. The molecule has 0 unspecified atom stereocenters. The summed E-state index contributed by atoms with van der Waals surface area (Å²) in [6.45, 7) is 12.6. The molecule has 1 N–H and O–H groups in total. The van der Waals surface area contributed by atoms with Gasteiger partial charge in [-0.05, 0) is 104 Å². The highest BCUT2D eigenvalue weighted by molar-refractivity contribution is 5.10. The molecule has 0 radical (unpaired) electrons. The van der Waals surface area contributed by atoms with E-state index >= 15 is 0 Å². The zero-order valence-electron chi connectivity index (χ0n) is 18.8. The second kappa shape index (κ2) is 7.33. The van der Waals surface area contributed by atoms with Crippen molar-refractivity contribution in [1.29, 1.82) is 0 Å². The zero-order valence-corrected chi connectivity index (χ0v) is 18.8. The van der Waals surface area contributed by atoms with Crippen LogP contribution in [0.3, 0.4) is 0 Å². The summed E-state index contributed by atoms with van der Waals surface area (Å²) in [5, 5.41) is 10.4. The highest BCUT2D eigenvalue weighted by atomic mass is 16.3. The van der Waals surface area contributed by atoms with Gasteiger partial charge >= 0.3 is 0 Å². The van der Waals surface area contributed by atoms with Gasteiger partial charge in [0.15, 0.2) is 0 Å². The van der Waals surface area contributed by atoms with Gasteiger partial charge < -0.3 is 5.11 Å². The van der Waals surface area contributed by atoms with Crippen LogP contribution in [0.25, 0.3) is 0 Å². The molecule has 0 aromatic carbocycles. The topological polar surface area (TPSA) is 20.2 Å². The number of hydrogen-bond donors (Lipinski definition) is 1. The van der Waals surface area contributed by atoms with Crippen LogP contribution in [-0.2, 0) is 0 Å². The van der Waals surface area contributed by atoms with Crippen LogP contribution in [-0.4, -0.2) is 11.2 Å². The van der Waals surface area contributed by atoms with Crippen molar-refractivity contribution < 1.29 is 5.11 Å². The molecule has 0 aromatic rings. The van der Waals surface area contributed by atoms with Crippen LogP contribution in [0.1, 0.15) is 105 Å². The van der Waals surface area contributed by atoms with E-state index in [0.29, 0.717) is 10.8 Å². The van der Waals surface area contributed by atoms with Gasteiger partial charge in [-0.3, -0.25) is 0 Å². The van der Waals surface area contributed by atoms with E-state index in [-0.39, 0.29) is 6.10 Å². The van der Waals surface area contributed by atoms with Gasteiger partial charge in [-0.2, -0.15) is 0 Å². The average molecular weight is 375 g/mol. The quantitative estimate of drug-likeness (QED) is 0.545. The van der Waals surface area contributed by atoms with Crippen molar-refractivity contribution in [3.05, 3.63) is 0 Å². The molecule has 0 amide bonds. The summed E-state index contributed by atoms with van der Waals surface area (Å²) in [5.41, 5.74) is 1.06.